The van der Waals surface area contributed by atoms with Crippen LogP contribution in [0, 0.1) is 0 Å². The molecule has 2 amide bonds. The van der Waals surface area contributed by atoms with Gasteiger partial charge in [0.15, 0.2) is 0 Å². The van der Waals surface area contributed by atoms with Crippen molar-refractivity contribution in [3.8, 4) is 0 Å². The molecule has 1 saturated carbocycles. The molecule has 2 N–H and O–H groups in total. The van der Waals surface area contributed by atoms with Gasteiger partial charge in [-0.05, 0) is 0 Å². The van der Waals surface area contributed by atoms with Crippen LogP contribution in [0.5, 0.6) is 0 Å². The number of nitrogens with zero attached hydrogens (tertiary/aromatic N) is 1. The van der Waals surface area contributed by atoms with E-state index in [1.807, 2.05) is 5.32 Å². The van der Waals surface area contributed by atoms with Crippen molar-refractivity contribution >= 4 is 12.0 Å². The van der Waals surface area contributed by atoms with Crippen LogP contribution in [-0.4, -0.2) is 47.6 Å². The molecule has 1 rings (SSSR count). The van der Waals surface area contributed by atoms with E-state index in [1.165, 1.54) is 14.1 Å². The number of alkyl halides is 2. The van der Waals surface area contributed by atoms with E-state index >= 15 is 0 Å². The van der Waals surface area contributed by atoms with E-state index in [4.69, 9.17) is 5.11 Å². The molecule has 1 aliphatic rings. The largest absolute Gasteiger partial charge is 0.465 e. The zero-order chi connectivity index (χ0) is 11.9. The fourth-order valence-corrected chi connectivity index (χ4v) is 1.76. The molecular weight excluding hydrogens is 210 g/mol. The number of amides is 2. The van der Waals surface area contributed by atoms with E-state index in [9.17, 15) is 18.4 Å². The molecule has 0 heterocycles. The molecule has 0 spiro atoms. The first-order chi connectivity index (χ1) is 6.68. The lowest BCUT2D eigenvalue weighted by molar-refractivity contribution is -0.167. The van der Waals surface area contributed by atoms with Crippen LogP contribution in [0.2, 0.25) is 0 Å². The lowest BCUT2D eigenvalue weighted by Gasteiger charge is -2.46. The van der Waals surface area contributed by atoms with Crippen LogP contribution in [0.4, 0.5) is 13.6 Å². The van der Waals surface area contributed by atoms with Gasteiger partial charge in [-0.2, -0.15) is 0 Å². The van der Waals surface area contributed by atoms with Crippen LogP contribution in [0.1, 0.15) is 12.8 Å². The Bertz CT molecular complexity index is 296. The van der Waals surface area contributed by atoms with Gasteiger partial charge in [0.2, 0.25) is 5.91 Å². The number of hydrogen-bond donors (Lipinski definition) is 2. The second-order valence-electron chi connectivity index (χ2n) is 3.92. The Morgan fingerprint density at radius 2 is 1.80 bits per heavy atom. The van der Waals surface area contributed by atoms with Crippen LogP contribution in [0.15, 0.2) is 0 Å². The minimum absolute atomic E-state index is 0.643. The quantitative estimate of drug-likeness (QED) is 0.715. The minimum Gasteiger partial charge on any atom is -0.465 e. The Labute approximate surface area is 85.0 Å². The summed E-state index contributed by atoms with van der Waals surface area (Å²) in [6.45, 7) is 0. The van der Waals surface area contributed by atoms with Gasteiger partial charge in [0.1, 0.15) is 5.54 Å². The van der Waals surface area contributed by atoms with Crippen molar-refractivity contribution in [2.24, 2.45) is 0 Å². The van der Waals surface area contributed by atoms with Crippen LogP contribution in [-0.2, 0) is 4.79 Å². The van der Waals surface area contributed by atoms with Crippen LogP contribution < -0.4 is 5.32 Å². The number of rotatable bonds is 2. The summed E-state index contributed by atoms with van der Waals surface area (Å²) in [6.07, 6.45) is -3.02. The van der Waals surface area contributed by atoms with Gasteiger partial charge in [-0.15, -0.1) is 0 Å². The van der Waals surface area contributed by atoms with Gasteiger partial charge in [-0.1, -0.05) is 0 Å². The molecule has 1 fully saturated rings. The lowest BCUT2D eigenvalue weighted by Crippen LogP contribution is -2.69. The van der Waals surface area contributed by atoms with Crippen molar-refractivity contribution in [3.05, 3.63) is 0 Å². The predicted octanol–water partition coefficient (Wildman–Crippen LogP) is 0.510. The summed E-state index contributed by atoms with van der Waals surface area (Å²) >= 11 is 0. The van der Waals surface area contributed by atoms with E-state index in [1.54, 1.807) is 0 Å². The number of halogens is 2. The van der Waals surface area contributed by atoms with Gasteiger partial charge >= 0.3 is 6.09 Å². The van der Waals surface area contributed by atoms with E-state index in [2.05, 4.69) is 0 Å². The Kier molecular flexibility index (Phi) is 2.58. The molecule has 0 saturated heterocycles. The summed E-state index contributed by atoms with van der Waals surface area (Å²) in [5.74, 6) is -3.61. The summed E-state index contributed by atoms with van der Waals surface area (Å²) in [5.41, 5.74) is -1.65. The van der Waals surface area contributed by atoms with Gasteiger partial charge in [0.25, 0.3) is 5.92 Å². The fourth-order valence-electron chi connectivity index (χ4n) is 1.76. The number of hydrogen-bond acceptors (Lipinski definition) is 2. The number of nitrogens with one attached hydrogen (secondary N) is 1. The normalized spacial score (nSPS) is 21.3. The van der Waals surface area contributed by atoms with Crippen molar-refractivity contribution in [1.29, 1.82) is 0 Å². The summed E-state index contributed by atoms with van der Waals surface area (Å²) in [4.78, 5) is 23.1. The zero-order valence-corrected chi connectivity index (χ0v) is 8.38. The van der Waals surface area contributed by atoms with Crippen LogP contribution in [0.25, 0.3) is 0 Å². The van der Waals surface area contributed by atoms with Crippen molar-refractivity contribution in [3.63, 3.8) is 0 Å². The van der Waals surface area contributed by atoms with E-state index < -0.39 is 36.3 Å². The lowest BCUT2D eigenvalue weighted by atomic mass is 9.72. The number of carbonyl (C=O) groups excluding carboxylic acids is 1. The first-order valence-electron chi connectivity index (χ1n) is 4.29. The highest BCUT2D eigenvalue weighted by atomic mass is 19.3. The highest BCUT2D eigenvalue weighted by molar-refractivity contribution is 5.90. The van der Waals surface area contributed by atoms with Crippen molar-refractivity contribution in [2.75, 3.05) is 14.1 Å². The third kappa shape index (κ3) is 2.16. The second kappa shape index (κ2) is 3.32. The van der Waals surface area contributed by atoms with Gasteiger partial charge in [0, 0.05) is 26.9 Å². The molecule has 0 atom stereocenters. The molecule has 0 unspecified atom stereocenters. The van der Waals surface area contributed by atoms with Gasteiger partial charge in [0.05, 0.1) is 0 Å². The maximum atomic E-state index is 12.7. The highest BCUT2D eigenvalue weighted by Gasteiger charge is 2.62. The third-order valence-electron chi connectivity index (χ3n) is 2.28. The number of carboxylic acid groups (broad SMARTS) is 1. The minimum atomic E-state index is -2.96. The number of likely N-dealkylation sites (N-methyl/N-ethyl adjacent to an activating group) is 1. The van der Waals surface area contributed by atoms with Gasteiger partial charge < -0.3 is 15.3 Å². The maximum Gasteiger partial charge on any atom is 0.405 e. The van der Waals surface area contributed by atoms with E-state index in [-0.39, 0.29) is 0 Å². The molecule has 0 aliphatic heterocycles. The standard InChI is InChI=1S/C8H12F2N2O3/c1-12(2)5(13)7(11-6(14)15)3-8(9,10)4-7/h11H,3-4H2,1-2H3,(H,14,15). The topological polar surface area (TPSA) is 69.6 Å². The Balaban J connectivity index is 2.82. The molecule has 0 aromatic rings. The van der Waals surface area contributed by atoms with E-state index in [0.717, 1.165) is 4.90 Å². The average molecular weight is 222 g/mol. The van der Waals surface area contributed by atoms with E-state index in [0.29, 0.717) is 0 Å². The SMILES string of the molecule is CN(C)C(=O)C1(NC(=O)O)CC(F)(F)C1. The summed E-state index contributed by atoms with van der Waals surface area (Å²) in [7, 11) is 2.79. The monoisotopic (exact) mass is 222 g/mol. The van der Waals surface area contributed by atoms with Crippen LogP contribution >= 0.6 is 0 Å². The van der Waals surface area contributed by atoms with Gasteiger partial charge in [-0.3, -0.25) is 4.79 Å². The zero-order valence-electron chi connectivity index (χ0n) is 8.38. The molecule has 86 valence electrons. The van der Waals surface area contributed by atoms with Crippen molar-refractivity contribution < 1.29 is 23.5 Å². The molecule has 0 radical (unpaired) electrons. The summed E-state index contributed by atoms with van der Waals surface area (Å²) in [5, 5.41) is 10.4. The Hall–Kier alpha value is -1.40. The Morgan fingerprint density at radius 1 is 1.33 bits per heavy atom. The molecule has 1 aliphatic carbocycles. The van der Waals surface area contributed by atoms with Crippen molar-refractivity contribution in [2.45, 2.75) is 24.3 Å². The third-order valence-corrected chi connectivity index (χ3v) is 2.28. The predicted molar refractivity (Wildman–Crippen MR) is 46.8 cm³/mol. The molecule has 0 aromatic heterocycles. The molecule has 5 nitrogen and oxygen atoms in total. The maximum absolute atomic E-state index is 12.7. The molecular formula is C8H12F2N2O3. The highest BCUT2D eigenvalue weighted by Crippen LogP contribution is 2.46. The first-order valence-corrected chi connectivity index (χ1v) is 4.29. The molecule has 15 heavy (non-hydrogen) atoms. The first kappa shape index (κ1) is 11.7. The summed E-state index contributed by atoms with van der Waals surface area (Å²) in [6, 6.07) is 0. The van der Waals surface area contributed by atoms with Gasteiger partial charge in [-0.25, -0.2) is 13.6 Å². The van der Waals surface area contributed by atoms with Crippen LogP contribution in [0.3, 0.4) is 0 Å². The number of carbonyl (C=O) groups is 2. The fraction of sp³-hybridized carbons (Fsp3) is 0.750. The molecule has 7 heteroatoms. The Morgan fingerprint density at radius 3 is 2.07 bits per heavy atom. The molecule has 0 bridgehead atoms. The smallest absolute Gasteiger partial charge is 0.405 e. The van der Waals surface area contributed by atoms with Crippen molar-refractivity contribution in [1.82, 2.24) is 10.2 Å². The summed E-state index contributed by atoms with van der Waals surface area (Å²) < 4.78 is 25.4. The second-order valence-corrected chi connectivity index (χ2v) is 3.92. The average Bonchev–Trinajstić information content (AvgIpc) is 1.97. The molecule has 0 aromatic carbocycles.